The van der Waals surface area contributed by atoms with Crippen molar-refractivity contribution in [3.63, 3.8) is 0 Å². The highest BCUT2D eigenvalue weighted by Gasteiger charge is 2.31. The molecule has 0 fully saturated rings. The third-order valence-electron chi connectivity index (χ3n) is 6.31. The molecule has 238 valence electrons. The second kappa shape index (κ2) is 16.9. The van der Waals surface area contributed by atoms with Gasteiger partial charge in [-0.1, -0.05) is 24.3 Å². The van der Waals surface area contributed by atoms with E-state index >= 15 is 0 Å². The predicted molar refractivity (Wildman–Crippen MR) is 157 cm³/mol. The number of nitrogens with zero attached hydrogens (tertiary/aromatic N) is 1. The summed E-state index contributed by atoms with van der Waals surface area (Å²) in [6.07, 6.45) is -0.819. The number of guanidine groups is 1. The Kier molecular flexibility index (Phi) is 13.4. The molecule has 0 radical (unpaired) electrons. The van der Waals surface area contributed by atoms with E-state index < -0.39 is 60.2 Å². The summed E-state index contributed by atoms with van der Waals surface area (Å²) < 4.78 is 0. The maximum atomic E-state index is 13.5. The molecule has 44 heavy (non-hydrogen) atoms. The Bertz CT molecular complexity index is 1330. The van der Waals surface area contributed by atoms with Crippen LogP contribution >= 0.6 is 0 Å². The Labute approximate surface area is 252 Å². The zero-order valence-corrected chi connectivity index (χ0v) is 23.7. The minimum atomic E-state index is -1.78. The summed E-state index contributed by atoms with van der Waals surface area (Å²) in [5, 5.41) is 44.7. The van der Waals surface area contributed by atoms with E-state index in [-0.39, 0.29) is 49.7 Å². The average Bonchev–Trinajstić information content (AvgIpc) is 2.95. The number of hydrogen-bond acceptors (Lipinski definition) is 9. The van der Waals surface area contributed by atoms with E-state index in [1.54, 1.807) is 12.1 Å². The number of carbonyl (C=O) groups excluding carboxylic acids is 3. The van der Waals surface area contributed by atoms with Crippen LogP contribution in [-0.4, -0.2) is 86.8 Å². The van der Waals surface area contributed by atoms with Crippen LogP contribution in [0.3, 0.4) is 0 Å². The number of amides is 3. The van der Waals surface area contributed by atoms with E-state index in [9.17, 15) is 39.3 Å². The van der Waals surface area contributed by atoms with Gasteiger partial charge in [0.25, 0.3) is 0 Å². The number of aliphatic imine (C=N–C) groups is 1. The molecule has 0 aliphatic heterocycles. The molecule has 0 aliphatic carbocycles. The molecule has 0 aliphatic rings. The zero-order valence-electron chi connectivity index (χ0n) is 23.7. The smallest absolute Gasteiger partial charge is 0.326 e. The zero-order chi connectivity index (χ0) is 32.8. The van der Waals surface area contributed by atoms with Gasteiger partial charge in [-0.2, -0.15) is 0 Å². The number of rotatable bonds is 17. The number of nitrogens with two attached hydrogens (primary N) is 3. The number of aliphatic carboxylic acids is 2. The van der Waals surface area contributed by atoms with Crippen LogP contribution in [0.25, 0.3) is 0 Å². The summed E-state index contributed by atoms with van der Waals surface area (Å²) in [5.41, 5.74) is 17.9. The third kappa shape index (κ3) is 12.2. The molecule has 2 aromatic rings. The van der Waals surface area contributed by atoms with E-state index in [1.807, 2.05) is 0 Å². The molecule has 13 N–H and O–H groups in total. The molecule has 0 saturated heterocycles. The van der Waals surface area contributed by atoms with Gasteiger partial charge < -0.3 is 53.6 Å². The minimum absolute atomic E-state index is 0.0263. The predicted octanol–water partition coefficient (Wildman–Crippen LogP) is -1.72. The quantitative estimate of drug-likeness (QED) is 0.0540. The van der Waals surface area contributed by atoms with Crippen molar-refractivity contribution in [2.75, 3.05) is 6.54 Å². The van der Waals surface area contributed by atoms with Gasteiger partial charge in [0, 0.05) is 13.0 Å². The molecule has 16 nitrogen and oxygen atoms in total. The van der Waals surface area contributed by atoms with Gasteiger partial charge in [0.2, 0.25) is 17.7 Å². The van der Waals surface area contributed by atoms with Crippen molar-refractivity contribution in [2.24, 2.45) is 22.2 Å². The number of carboxylic acids is 2. The van der Waals surface area contributed by atoms with Crippen molar-refractivity contribution in [1.29, 1.82) is 0 Å². The highest BCUT2D eigenvalue weighted by molar-refractivity contribution is 5.94. The fourth-order valence-corrected chi connectivity index (χ4v) is 4.03. The number of hydrogen-bond donors (Lipinski definition) is 10. The monoisotopic (exact) mass is 615 g/mol. The Morgan fingerprint density at radius 3 is 1.68 bits per heavy atom. The van der Waals surface area contributed by atoms with Gasteiger partial charge >= 0.3 is 11.9 Å². The van der Waals surface area contributed by atoms with Crippen molar-refractivity contribution < 1.29 is 44.4 Å². The maximum absolute atomic E-state index is 13.5. The van der Waals surface area contributed by atoms with Crippen molar-refractivity contribution in [3.05, 3.63) is 59.7 Å². The SMILES string of the molecule is NC(N)=NCCCC(NC(=O)C(Cc1ccc(O)cc1)NC(=O)C(N)Cc1ccc(O)cc1)C(=O)NC(CC(=O)O)C(=O)O. The second-order valence-electron chi connectivity index (χ2n) is 9.92. The minimum Gasteiger partial charge on any atom is -0.508 e. The van der Waals surface area contributed by atoms with Crippen molar-refractivity contribution in [2.45, 2.75) is 56.3 Å². The van der Waals surface area contributed by atoms with E-state index in [0.29, 0.717) is 11.1 Å². The lowest BCUT2D eigenvalue weighted by Gasteiger charge is -2.25. The van der Waals surface area contributed by atoms with Gasteiger partial charge in [-0.25, -0.2) is 4.79 Å². The summed E-state index contributed by atoms with van der Waals surface area (Å²) in [6.45, 7) is 0.0687. The molecule has 4 atom stereocenters. The van der Waals surface area contributed by atoms with Crippen LogP contribution in [0, 0.1) is 0 Å². The van der Waals surface area contributed by atoms with Crippen LogP contribution in [0.4, 0.5) is 0 Å². The number of aromatic hydroxyl groups is 2. The van der Waals surface area contributed by atoms with Crippen molar-refractivity contribution in [1.82, 2.24) is 16.0 Å². The Hall–Kier alpha value is -5.38. The summed E-state index contributed by atoms with van der Waals surface area (Å²) >= 11 is 0. The normalized spacial score (nSPS) is 13.4. The standard InChI is InChI=1S/C28H37N7O9/c29-19(12-15-3-7-17(36)8-4-15)24(40)34-21(13-16-5-9-18(37)10-6-16)26(42)33-20(2-1-11-32-28(30)31)25(41)35-22(27(43)44)14-23(38)39/h3-10,19-22,36-37H,1-2,11-14,29H2,(H,33,42)(H,34,40)(H,35,41)(H,38,39)(H,43,44)(H4,30,31,32). The van der Waals surface area contributed by atoms with Crippen LogP contribution in [-0.2, 0) is 36.8 Å². The molecule has 3 amide bonds. The van der Waals surface area contributed by atoms with E-state index in [0.717, 1.165) is 0 Å². The first-order chi connectivity index (χ1) is 20.7. The van der Waals surface area contributed by atoms with Gasteiger partial charge in [0.05, 0.1) is 12.5 Å². The molecule has 0 heterocycles. The van der Waals surface area contributed by atoms with Gasteiger partial charge in [0.1, 0.15) is 29.6 Å². The largest absolute Gasteiger partial charge is 0.508 e. The lowest BCUT2D eigenvalue weighted by Crippen LogP contribution is -2.58. The molecular weight excluding hydrogens is 578 g/mol. The highest BCUT2D eigenvalue weighted by Crippen LogP contribution is 2.14. The molecule has 2 rings (SSSR count). The van der Waals surface area contributed by atoms with Crippen molar-refractivity contribution in [3.8, 4) is 11.5 Å². The first-order valence-corrected chi connectivity index (χ1v) is 13.5. The molecule has 0 spiro atoms. The summed E-state index contributed by atoms with van der Waals surface area (Å²) in [4.78, 5) is 66.0. The first-order valence-electron chi connectivity index (χ1n) is 13.5. The molecule has 2 aromatic carbocycles. The highest BCUT2D eigenvalue weighted by atomic mass is 16.4. The summed E-state index contributed by atoms with van der Waals surface area (Å²) in [7, 11) is 0. The van der Waals surface area contributed by atoms with Crippen LogP contribution in [0.2, 0.25) is 0 Å². The van der Waals surface area contributed by atoms with Crippen LogP contribution in [0.5, 0.6) is 11.5 Å². The topological polar surface area (TPSA) is 293 Å². The van der Waals surface area contributed by atoms with Crippen LogP contribution in [0.15, 0.2) is 53.5 Å². The second-order valence-corrected chi connectivity index (χ2v) is 9.92. The fourth-order valence-electron chi connectivity index (χ4n) is 4.03. The number of carboxylic acid groups (broad SMARTS) is 2. The van der Waals surface area contributed by atoms with Gasteiger partial charge in [-0.15, -0.1) is 0 Å². The number of benzene rings is 2. The number of phenols is 2. The Morgan fingerprint density at radius 2 is 1.18 bits per heavy atom. The molecule has 0 bridgehead atoms. The summed E-state index contributed by atoms with van der Waals surface area (Å²) in [5.74, 6) is -5.75. The van der Waals surface area contributed by atoms with Crippen LogP contribution in [0.1, 0.15) is 30.4 Å². The van der Waals surface area contributed by atoms with Crippen molar-refractivity contribution >= 4 is 35.6 Å². The van der Waals surface area contributed by atoms with E-state index in [4.69, 9.17) is 22.3 Å². The molecule has 4 unspecified atom stereocenters. The molecule has 0 saturated carbocycles. The Morgan fingerprint density at radius 1 is 0.705 bits per heavy atom. The Balaban J connectivity index is 2.27. The molecular formula is C28H37N7O9. The van der Waals surface area contributed by atoms with E-state index in [1.165, 1.54) is 36.4 Å². The fraction of sp³-hybridized carbons (Fsp3) is 0.357. The average molecular weight is 616 g/mol. The number of nitrogens with one attached hydrogen (secondary N) is 3. The van der Waals surface area contributed by atoms with Gasteiger partial charge in [0.15, 0.2) is 5.96 Å². The third-order valence-corrected chi connectivity index (χ3v) is 6.31. The van der Waals surface area contributed by atoms with Gasteiger partial charge in [-0.3, -0.25) is 24.2 Å². The lowest BCUT2D eigenvalue weighted by atomic mass is 10.0. The summed E-state index contributed by atoms with van der Waals surface area (Å²) in [6, 6.07) is 6.36. The van der Waals surface area contributed by atoms with Crippen LogP contribution < -0.4 is 33.2 Å². The maximum Gasteiger partial charge on any atom is 0.326 e. The first kappa shape index (κ1) is 34.8. The number of carbonyl (C=O) groups is 5. The van der Waals surface area contributed by atoms with Gasteiger partial charge in [-0.05, 0) is 54.7 Å². The molecule has 16 heteroatoms. The molecule has 0 aromatic heterocycles. The lowest BCUT2D eigenvalue weighted by molar-refractivity contribution is -0.147. The number of phenolic OH excluding ortho intramolecular Hbond substituents is 2. The van der Waals surface area contributed by atoms with E-state index in [2.05, 4.69) is 20.9 Å².